The molecule has 0 atom stereocenters. The molecule has 0 bridgehead atoms. The highest BCUT2D eigenvalue weighted by Crippen LogP contribution is 2.28. The minimum atomic E-state index is -0.637. The lowest BCUT2D eigenvalue weighted by Gasteiger charge is -2.22. The van der Waals surface area contributed by atoms with E-state index >= 15 is 0 Å². The average molecular weight is 753 g/mol. The summed E-state index contributed by atoms with van der Waals surface area (Å²) < 4.78 is 10.5. The lowest BCUT2D eigenvalue weighted by Crippen LogP contribution is -2.38. The summed E-state index contributed by atoms with van der Waals surface area (Å²) in [6.45, 7) is -0.150. The molecule has 3 aromatic rings. The van der Waals surface area contributed by atoms with Gasteiger partial charge in [-0.2, -0.15) is 0 Å². The summed E-state index contributed by atoms with van der Waals surface area (Å²) in [6.07, 6.45) is 0.515. The molecule has 3 rings (SSSR count). The number of ether oxygens (including phenoxy) is 2. The molecule has 54 heavy (non-hydrogen) atoms. The van der Waals surface area contributed by atoms with E-state index in [1.165, 1.54) is 53.4 Å². The van der Waals surface area contributed by atoms with Gasteiger partial charge in [0.1, 0.15) is 19.0 Å². The van der Waals surface area contributed by atoms with Crippen LogP contribution in [0.4, 0.5) is 0 Å². The molecule has 0 radical (unpaired) electrons. The maximum Gasteiger partial charge on any atom is 0.305 e. The van der Waals surface area contributed by atoms with Gasteiger partial charge < -0.3 is 55.9 Å². The van der Waals surface area contributed by atoms with Crippen LogP contribution < -0.4 is 16.0 Å². The molecule has 17 heteroatoms. The summed E-state index contributed by atoms with van der Waals surface area (Å²) in [5.74, 6) is -5.53. The van der Waals surface area contributed by atoms with Gasteiger partial charge in [0.2, 0.25) is 5.91 Å². The van der Waals surface area contributed by atoms with Crippen LogP contribution in [0.25, 0.3) is 0 Å². The van der Waals surface area contributed by atoms with Crippen LogP contribution in [0.3, 0.4) is 0 Å². The van der Waals surface area contributed by atoms with Crippen molar-refractivity contribution >= 4 is 35.6 Å². The van der Waals surface area contributed by atoms with Crippen molar-refractivity contribution < 1.29 is 63.8 Å². The monoisotopic (exact) mass is 752 g/mol. The molecule has 0 aliphatic heterocycles. The molecule has 290 valence electrons. The van der Waals surface area contributed by atoms with Crippen molar-refractivity contribution in [2.45, 2.75) is 38.5 Å². The molecule has 0 fully saturated rings. The van der Waals surface area contributed by atoms with Crippen molar-refractivity contribution in [1.82, 2.24) is 20.9 Å². The predicted octanol–water partition coefficient (Wildman–Crippen LogP) is 2.06. The topological polar surface area (TPSA) is 261 Å². The van der Waals surface area contributed by atoms with Gasteiger partial charge in [0.05, 0.1) is 29.8 Å². The largest absolute Gasteiger partial charge is 0.507 e. The Morgan fingerprint density at radius 2 is 0.889 bits per heavy atom. The van der Waals surface area contributed by atoms with Crippen molar-refractivity contribution in [2.75, 3.05) is 45.9 Å². The number of hydrogen-bond donors (Lipinski definition) is 8. The first-order valence-electron chi connectivity index (χ1n) is 17.1. The zero-order valence-electron chi connectivity index (χ0n) is 29.4. The van der Waals surface area contributed by atoms with Gasteiger partial charge in [0, 0.05) is 38.9 Å². The Morgan fingerprint density at radius 3 is 1.35 bits per heavy atom. The van der Waals surface area contributed by atoms with Gasteiger partial charge in [-0.25, -0.2) is 0 Å². The van der Waals surface area contributed by atoms with Crippen molar-refractivity contribution in [1.29, 1.82) is 0 Å². The van der Waals surface area contributed by atoms with Gasteiger partial charge in [-0.15, -0.1) is 0 Å². The van der Waals surface area contributed by atoms with Crippen molar-refractivity contribution in [3.05, 3.63) is 77.4 Å². The third kappa shape index (κ3) is 13.6. The fraction of sp³-hybridized carbons (Fsp3) is 0.351. The number of hydrogen-bond acceptors (Lipinski definition) is 13. The van der Waals surface area contributed by atoms with E-state index in [4.69, 9.17) is 9.47 Å². The Labute approximate surface area is 310 Å². The second-order valence-corrected chi connectivity index (χ2v) is 11.8. The van der Waals surface area contributed by atoms with E-state index in [2.05, 4.69) is 16.0 Å². The number of esters is 2. The van der Waals surface area contributed by atoms with Crippen molar-refractivity contribution in [2.24, 2.45) is 0 Å². The second kappa shape index (κ2) is 21.8. The average Bonchev–Trinajstić information content (AvgIpc) is 3.15. The summed E-state index contributed by atoms with van der Waals surface area (Å²) in [6, 6.07) is 13.9. The number of carbonyl (C=O) groups excluding carboxylic acids is 6. The molecule has 8 N–H and O–H groups in total. The normalized spacial score (nSPS) is 10.5. The summed E-state index contributed by atoms with van der Waals surface area (Å²) in [7, 11) is 0. The number of amides is 4. The first-order valence-corrected chi connectivity index (χ1v) is 17.1. The Kier molecular flexibility index (Phi) is 16.9. The highest BCUT2D eigenvalue weighted by molar-refractivity contribution is 5.98. The van der Waals surface area contributed by atoms with Crippen LogP contribution in [0.15, 0.2) is 60.7 Å². The highest BCUT2D eigenvalue weighted by atomic mass is 16.5. The predicted molar refractivity (Wildman–Crippen MR) is 191 cm³/mol. The number of benzene rings is 3. The van der Waals surface area contributed by atoms with Crippen LogP contribution in [-0.2, 0) is 23.9 Å². The van der Waals surface area contributed by atoms with Gasteiger partial charge >= 0.3 is 11.9 Å². The van der Waals surface area contributed by atoms with Gasteiger partial charge in [-0.05, 0) is 55.7 Å². The molecular formula is C37H44N4O13. The van der Waals surface area contributed by atoms with Gasteiger partial charge in [-0.1, -0.05) is 24.3 Å². The van der Waals surface area contributed by atoms with E-state index < -0.39 is 52.7 Å². The quantitative estimate of drug-likeness (QED) is 0.0441. The first-order chi connectivity index (χ1) is 25.9. The number of nitrogens with zero attached hydrogens (tertiary/aromatic N) is 1. The number of nitrogens with one attached hydrogen (secondary N) is 3. The first kappa shape index (κ1) is 41.9. The lowest BCUT2D eigenvalue weighted by molar-refractivity contribution is -0.147. The van der Waals surface area contributed by atoms with Crippen molar-refractivity contribution in [3.8, 4) is 28.7 Å². The number of phenolic OH excluding ortho intramolecular Hbond substituents is 5. The standard InChI is InChI=1S/C37H44N4O13/c42-27-11-2-1-8-24(27)35(50)38-17-5-14-30(45)41(20-22-53-31(46)15-6-18-39-36(51)25-9-3-12-28(43)33(25)48)21-23-54-32(47)16-7-19-40-37(52)26-10-4-13-29(44)34(26)49/h1-4,8-13,42-44,48-49H,5-7,14-23H2,(H,38,50)(H,39,51)(H,40,52). The lowest BCUT2D eigenvalue weighted by atomic mass is 10.1. The molecule has 0 aliphatic rings. The molecule has 4 amide bonds. The zero-order valence-corrected chi connectivity index (χ0v) is 29.4. The maximum absolute atomic E-state index is 13.1. The molecule has 0 spiro atoms. The van der Waals surface area contributed by atoms with E-state index in [0.717, 1.165) is 0 Å². The SMILES string of the molecule is O=C(CCCNC(=O)c1cccc(O)c1O)OCCN(CCOC(=O)CCCNC(=O)c1cccc(O)c1O)C(=O)CCCNC(=O)c1ccccc1O. The Bertz CT molecular complexity index is 1690. The van der Waals surface area contributed by atoms with E-state index in [1.54, 1.807) is 12.1 Å². The van der Waals surface area contributed by atoms with Crippen LogP contribution in [0.2, 0.25) is 0 Å². The summed E-state index contributed by atoms with van der Waals surface area (Å²) in [5, 5.41) is 56.3. The summed E-state index contributed by atoms with van der Waals surface area (Å²) >= 11 is 0. The van der Waals surface area contributed by atoms with Gasteiger partial charge in [-0.3, -0.25) is 28.8 Å². The molecule has 3 aromatic carbocycles. The fourth-order valence-corrected chi connectivity index (χ4v) is 4.89. The number of aromatic hydroxyl groups is 5. The van der Waals surface area contributed by atoms with Gasteiger partial charge in [0.15, 0.2) is 23.0 Å². The molecule has 0 aliphatic carbocycles. The number of rotatable bonds is 21. The van der Waals surface area contributed by atoms with E-state index in [1.807, 2.05) is 0 Å². The molecule has 0 saturated carbocycles. The minimum absolute atomic E-state index is 0.00811. The van der Waals surface area contributed by atoms with E-state index in [9.17, 15) is 54.3 Å². The third-order valence-corrected chi connectivity index (χ3v) is 7.81. The molecule has 17 nitrogen and oxygen atoms in total. The van der Waals surface area contributed by atoms with E-state index in [-0.39, 0.29) is 113 Å². The molecule has 0 saturated heterocycles. The zero-order chi connectivity index (χ0) is 39.5. The highest BCUT2D eigenvalue weighted by Gasteiger charge is 2.18. The van der Waals surface area contributed by atoms with Crippen molar-refractivity contribution in [3.63, 3.8) is 0 Å². The van der Waals surface area contributed by atoms with Gasteiger partial charge in [0.25, 0.3) is 17.7 Å². The van der Waals surface area contributed by atoms with Crippen LogP contribution in [-0.4, -0.2) is 112 Å². The summed E-state index contributed by atoms with van der Waals surface area (Å²) in [4.78, 5) is 75.9. The van der Waals surface area contributed by atoms with Crippen LogP contribution in [0, 0.1) is 0 Å². The maximum atomic E-state index is 13.1. The fourth-order valence-electron chi connectivity index (χ4n) is 4.89. The second-order valence-electron chi connectivity index (χ2n) is 11.8. The number of phenols is 5. The van der Waals surface area contributed by atoms with Crippen LogP contribution in [0.1, 0.15) is 69.6 Å². The number of carbonyl (C=O) groups is 6. The Morgan fingerprint density at radius 1 is 0.500 bits per heavy atom. The Hall–Kier alpha value is -6.52. The molecule has 0 aromatic heterocycles. The smallest absolute Gasteiger partial charge is 0.305 e. The van der Waals surface area contributed by atoms with Crippen LogP contribution >= 0.6 is 0 Å². The minimum Gasteiger partial charge on any atom is -0.507 e. The number of para-hydroxylation sites is 3. The summed E-state index contributed by atoms with van der Waals surface area (Å²) in [5.41, 5.74) is -0.157. The van der Waals surface area contributed by atoms with Crippen LogP contribution in [0.5, 0.6) is 28.7 Å². The molecule has 0 heterocycles. The molecule has 0 unspecified atom stereocenters. The third-order valence-electron chi connectivity index (χ3n) is 7.81. The van der Waals surface area contributed by atoms with E-state index in [0.29, 0.717) is 0 Å². The molecular weight excluding hydrogens is 708 g/mol. The Balaban J connectivity index is 1.42.